The fraction of sp³-hybridized carbons (Fsp3) is 0.500. The molecule has 21 heavy (non-hydrogen) atoms. The molecule has 1 aliphatic heterocycles. The van der Waals surface area contributed by atoms with Gasteiger partial charge >= 0.3 is 0 Å². The van der Waals surface area contributed by atoms with Crippen LogP contribution in [-0.4, -0.2) is 37.6 Å². The summed E-state index contributed by atoms with van der Waals surface area (Å²) in [6.45, 7) is 2.07. The Morgan fingerprint density at radius 1 is 1.52 bits per heavy atom. The zero-order valence-corrected chi connectivity index (χ0v) is 11.9. The molecule has 1 unspecified atom stereocenters. The maximum absolute atomic E-state index is 12.2. The van der Waals surface area contributed by atoms with Crippen molar-refractivity contribution in [2.24, 2.45) is 5.92 Å². The molecule has 1 aliphatic rings. The summed E-state index contributed by atoms with van der Waals surface area (Å²) in [5.41, 5.74) is 0.424. The van der Waals surface area contributed by atoms with Crippen LogP contribution in [0.25, 0.3) is 0 Å². The minimum Gasteiger partial charge on any atom is -0.382 e. The molecule has 0 saturated carbocycles. The van der Waals surface area contributed by atoms with Crippen molar-refractivity contribution in [3.05, 3.63) is 33.9 Å². The molecule has 0 bridgehead atoms. The molecule has 1 fully saturated rings. The first-order chi connectivity index (χ1) is 10.1. The number of para-hydroxylation sites is 1. The average molecular weight is 293 g/mol. The highest BCUT2D eigenvalue weighted by molar-refractivity contribution is 6.01. The highest BCUT2D eigenvalue weighted by Gasteiger charge is 2.21. The number of anilines is 1. The van der Waals surface area contributed by atoms with Gasteiger partial charge in [-0.15, -0.1) is 0 Å². The lowest BCUT2D eigenvalue weighted by atomic mass is 10.1. The number of amides is 1. The van der Waals surface area contributed by atoms with Gasteiger partial charge in [0.15, 0.2) is 0 Å². The van der Waals surface area contributed by atoms with Crippen molar-refractivity contribution in [3.8, 4) is 0 Å². The lowest BCUT2D eigenvalue weighted by Gasteiger charge is -2.11. The van der Waals surface area contributed by atoms with E-state index >= 15 is 0 Å². The third kappa shape index (κ3) is 3.69. The smallest absolute Gasteiger partial charge is 0.293 e. The summed E-state index contributed by atoms with van der Waals surface area (Å²) in [7, 11) is 1.56. The van der Waals surface area contributed by atoms with Crippen LogP contribution >= 0.6 is 0 Å². The number of carbonyl (C=O) groups is 1. The van der Waals surface area contributed by atoms with Gasteiger partial charge in [-0.2, -0.15) is 0 Å². The van der Waals surface area contributed by atoms with Crippen molar-refractivity contribution in [1.82, 2.24) is 5.32 Å². The number of nitro groups is 1. The predicted molar refractivity (Wildman–Crippen MR) is 78.5 cm³/mol. The molecule has 1 aromatic rings. The van der Waals surface area contributed by atoms with E-state index in [1.165, 1.54) is 12.1 Å². The number of nitro benzene ring substituents is 1. The summed E-state index contributed by atoms with van der Waals surface area (Å²) in [4.78, 5) is 22.6. The van der Waals surface area contributed by atoms with E-state index < -0.39 is 4.92 Å². The molecule has 7 heteroatoms. The first-order valence-electron chi connectivity index (χ1n) is 6.94. The molecular formula is C14H19N3O4. The Bertz CT molecular complexity index is 527. The lowest BCUT2D eigenvalue weighted by molar-refractivity contribution is -0.384. The molecule has 1 atom stereocenters. The van der Waals surface area contributed by atoms with Crippen LogP contribution in [0.2, 0.25) is 0 Å². The van der Waals surface area contributed by atoms with Crippen molar-refractivity contribution in [2.45, 2.75) is 12.8 Å². The molecular weight excluding hydrogens is 274 g/mol. The summed E-state index contributed by atoms with van der Waals surface area (Å²) in [6.07, 6.45) is 1.88. The van der Waals surface area contributed by atoms with Gasteiger partial charge in [-0.3, -0.25) is 14.9 Å². The van der Waals surface area contributed by atoms with Crippen LogP contribution in [0.3, 0.4) is 0 Å². The number of ether oxygens (including phenoxy) is 1. The van der Waals surface area contributed by atoms with E-state index in [-0.39, 0.29) is 22.8 Å². The van der Waals surface area contributed by atoms with E-state index in [9.17, 15) is 14.9 Å². The Labute approximate surface area is 122 Å². The second-order valence-electron chi connectivity index (χ2n) is 4.98. The molecule has 1 aromatic carbocycles. The fourth-order valence-electron chi connectivity index (χ4n) is 2.44. The molecule has 1 saturated heterocycles. The van der Waals surface area contributed by atoms with E-state index in [2.05, 4.69) is 10.6 Å². The van der Waals surface area contributed by atoms with Gasteiger partial charge in [0.05, 0.1) is 10.5 Å². The molecule has 2 rings (SSSR count). The van der Waals surface area contributed by atoms with Gasteiger partial charge in [-0.1, -0.05) is 6.07 Å². The van der Waals surface area contributed by atoms with E-state index in [4.69, 9.17) is 4.74 Å². The second kappa shape index (κ2) is 7.03. The summed E-state index contributed by atoms with van der Waals surface area (Å²) in [5.74, 6) is 0.182. The fourth-order valence-corrected chi connectivity index (χ4v) is 2.44. The van der Waals surface area contributed by atoms with Gasteiger partial charge in [0, 0.05) is 32.9 Å². The van der Waals surface area contributed by atoms with Gasteiger partial charge in [-0.05, 0) is 24.8 Å². The van der Waals surface area contributed by atoms with Crippen LogP contribution in [0.4, 0.5) is 11.4 Å². The summed E-state index contributed by atoms with van der Waals surface area (Å²) in [5, 5.41) is 16.5. The minimum absolute atomic E-state index is 0.102. The second-order valence-corrected chi connectivity index (χ2v) is 4.98. The van der Waals surface area contributed by atoms with Crippen LogP contribution in [-0.2, 0) is 4.74 Å². The quantitative estimate of drug-likeness (QED) is 0.616. The molecule has 1 amide bonds. The maximum Gasteiger partial charge on any atom is 0.293 e. The van der Waals surface area contributed by atoms with Crippen molar-refractivity contribution in [3.63, 3.8) is 0 Å². The maximum atomic E-state index is 12.2. The first-order valence-corrected chi connectivity index (χ1v) is 6.94. The average Bonchev–Trinajstić information content (AvgIpc) is 2.99. The number of rotatable bonds is 6. The first kappa shape index (κ1) is 15.2. The Hall–Kier alpha value is -2.15. The lowest BCUT2D eigenvalue weighted by Crippen LogP contribution is -2.27. The van der Waals surface area contributed by atoms with Crippen LogP contribution < -0.4 is 10.6 Å². The standard InChI is InChI=1S/C14H19N3O4/c1-15-13-11(3-2-4-12(13)17(19)20)14(18)16-7-5-10-6-8-21-9-10/h2-4,10,15H,5-9H2,1H3,(H,16,18). The van der Waals surface area contributed by atoms with Crippen LogP contribution in [0.15, 0.2) is 18.2 Å². The van der Waals surface area contributed by atoms with Gasteiger partial charge in [0.1, 0.15) is 5.69 Å². The van der Waals surface area contributed by atoms with Gasteiger partial charge in [-0.25, -0.2) is 0 Å². The number of nitrogens with zero attached hydrogens (tertiary/aromatic N) is 1. The highest BCUT2D eigenvalue weighted by atomic mass is 16.6. The molecule has 2 N–H and O–H groups in total. The van der Waals surface area contributed by atoms with E-state index in [1.54, 1.807) is 13.1 Å². The number of nitrogens with one attached hydrogen (secondary N) is 2. The Balaban J connectivity index is 2.01. The number of hydrogen-bond donors (Lipinski definition) is 2. The van der Waals surface area contributed by atoms with Gasteiger partial charge < -0.3 is 15.4 Å². The van der Waals surface area contributed by atoms with Gasteiger partial charge in [0.25, 0.3) is 11.6 Å². The zero-order chi connectivity index (χ0) is 15.2. The molecule has 0 aliphatic carbocycles. The van der Waals surface area contributed by atoms with Crippen molar-refractivity contribution in [2.75, 3.05) is 32.1 Å². The van der Waals surface area contributed by atoms with E-state index in [0.717, 1.165) is 26.1 Å². The van der Waals surface area contributed by atoms with E-state index in [1.807, 2.05) is 0 Å². The molecule has 0 radical (unpaired) electrons. The third-order valence-corrected chi connectivity index (χ3v) is 3.60. The zero-order valence-electron chi connectivity index (χ0n) is 11.9. The monoisotopic (exact) mass is 293 g/mol. The minimum atomic E-state index is -0.502. The van der Waals surface area contributed by atoms with Crippen LogP contribution in [0, 0.1) is 16.0 Å². The van der Waals surface area contributed by atoms with Gasteiger partial charge in [0.2, 0.25) is 0 Å². The molecule has 7 nitrogen and oxygen atoms in total. The molecule has 1 heterocycles. The Morgan fingerprint density at radius 3 is 2.95 bits per heavy atom. The van der Waals surface area contributed by atoms with Crippen LogP contribution in [0.1, 0.15) is 23.2 Å². The molecule has 0 spiro atoms. The highest BCUT2D eigenvalue weighted by Crippen LogP contribution is 2.27. The summed E-state index contributed by atoms with van der Waals surface area (Å²) in [6, 6.07) is 4.46. The van der Waals surface area contributed by atoms with Crippen molar-refractivity contribution in [1.29, 1.82) is 0 Å². The largest absolute Gasteiger partial charge is 0.382 e. The van der Waals surface area contributed by atoms with Crippen molar-refractivity contribution >= 4 is 17.3 Å². The number of benzene rings is 1. The molecule has 0 aromatic heterocycles. The predicted octanol–water partition coefficient (Wildman–Crippen LogP) is 1.79. The molecule has 114 valence electrons. The van der Waals surface area contributed by atoms with Crippen LogP contribution in [0.5, 0.6) is 0 Å². The Morgan fingerprint density at radius 2 is 2.33 bits per heavy atom. The van der Waals surface area contributed by atoms with E-state index in [0.29, 0.717) is 12.5 Å². The Kier molecular flexibility index (Phi) is 5.10. The number of hydrogen-bond acceptors (Lipinski definition) is 5. The number of carbonyl (C=O) groups excluding carboxylic acids is 1. The summed E-state index contributed by atoms with van der Waals surface area (Å²) >= 11 is 0. The third-order valence-electron chi connectivity index (χ3n) is 3.60. The normalized spacial score (nSPS) is 17.5. The summed E-state index contributed by atoms with van der Waals surface area (Å²) < 4.78 is 5.28. The van der Waals surface area contributed by atoms with Crippen molar-refractivity contribution < 1.29 is 14.5 Å². The SMILES string of the molecule is CNc1c(C(=O)NCCC2CCOC2)cccc1[N+](=O)[O-]. The topological polar surface area (TPSA) is 93.5 Å².